The highest BCUT2D eigenvalue weighted by atomic mass is 35.5. The van der Waals surface area contributed by atoms with Crippen LogP contribution in [0.2, 0.25) is 5.02 Å². The summed E-state index contributed by atoms with van der Waals surface area (Å²) in [6, 6.07) is 2.89. The predicted octanol–water partition coefficient (Wildman–Crippen LogP) is 1.95. The van der Waals surface area contributed by atoms with Gasteiger partial charge in [-0.15, -0.1) is 0 Å². The molecule has 1 fully saturated rings. The van der Waals surface area contributed by atoms with E-state index in [0.29, 0.717) is 12.8 Å². The van der Waals surface area contributed by atoms with Crippen molar-refractivity contribution in [3.63, 3.8) is 0 Å². The summed E-state index contributed by atoms with van der Waals surface area (Å²) in [5.74, 6) is -0.149. The van der Waals surface area contributed by atoms with Crippen LogP contribution in [-0.2, 0) is 10.0 Å². The zero-order valence-corrected chi connectivity index (χ0v) is 13.6. The molecule has 1 aliphatic rings. The van der Waals surface area contributed by atoms with E-state index in [0.717, 1.165) is 0 Å². The minimum absolute atomic E-state index is 0.169. The minimum atomic E-state index is -3.47. The monoisotopic (exact) mass is 332 g/mol. The summed E-state index contributed by atoms with van der Waals surface area (Å²) in [5, 5.41) is -0.122. The standard InChI is InChI=1S/C13H17ClN2O4S/c1-16(2)13(17)10-6-8(14)7-11(12(10)20-3)15-21(18,19)9-4-5-9/h6-7,9,15H,4-5H2,1-3H3. The van der Waals surface area contributed by atoms with Crippen molar-refractivity contribution in [2.24, 2.45) is 0 Å². The first-order valence-corrected chi connectivity index (χ1v) is 8.29. The van der Waals surface area contributed by atoms with E-state index >= 15 is 0 Å². The van der Waals surface area contributed by atoms with Crippen molar-refractivity contribution in [2.75, 3.05) is 25.9 Å². The molecule has 0 radical (unpaired) electrons. The number of benzene rings is 1. The van der Waals surface area contributed by atoms with Crippen molar-refractivity contribution in [1.82, 2.24) is 4.90 Å². The van der Waals surface area contributed by atoms with Gasteiger partial charge in [0, 0.05) is 19.1 Å². The van der Waals surface area contributed by atoms with Gasteiger partial charge in [-0.3, -0.25) is 9.52 Å². The minimum Gasteiger partial charge on any atom is -0.494 e. The molecule has 2 rings (SSSR count). The Kier molecular flexibility index (Phi) is 4.34. The molecule has 0 heterocycles. The van der Waals surface area contributed by atoms with E-state index in [1.165, 1.54) is 24.1 Å². The third kappa shape index (κ3) is 3.41. The Morgan fingerprint density at radius 2 is 2.00 bits per heavy atom. The van der Waals surface area contributed by atoms with E-state index in [1.807, 2.05) is 0 Å². The van der Waals surface area contributed by atoms with Crippen molar-refractivity contribution in [3.8, 4) is 5.75 Å². The van der Waals surface area contributed by atoms with Crippen LogP contribution < -0.4 is 9.46 Å². The summed E-state index contributed by atoms with van der Waals surface area (Å²) in [5.41, 5.74) is 0.394. The number of nitrogens with one attached hydrogen (secondary N) is 1. The molecule has 0 spiro atoms. The molecule has 6 nitrogen and oxygen atoms in total. The number of carbonyl (C=O) groups is 1. The van der Waals surface area contributed by atoms with Gasteiger partial charge in [0.25, 0.3) is 5.91 Å². The zero-order valence-electron chi connectivity index (χ0n) is 12.0. The lowest BCUT2D eigenvalue weighted by Gasteiger charge is -2.17. The van der Waals surface area contributed by atoms with Crippen LogP contribution in [-0.4, -0.2) is 45.7 Å². The fourth-order valence-corrected chi connectivity index (χ4v) is 3.50. The van der Waals surface area contributed by atoms with Gasteiger partial charge in [0.15, 0.2) is 5.75 Å². The highest BCUT2D eigenvalue weighted by molar-refractivity contribution is 7.93. The normalized spacial score (nSPS) is 14.7. The second-order valence-electron chi connectivity index (χ2n) is 5.08. The highest BCUT2D eigenvalue weighted by Crippen LogP contribution is 2.36. The maximum Gasteiger partial charge on any atom is 0.257 e. The summed E-state index contributed by atoms with van der Waals surface area (Å²) in [6.07, 6.45) is 1.28. The van der Waals surface area contributed by atoms with Gasteiger partial charge in [0.2, 0.25) is 10.0 Å². The van der Waals surface area contributed by atoms with Crippen LogP contribution in [0.1, 0.15) is 23.2 Å². The Morgan fingerprint density at radius 1 is 1.38 bits per heavy atom. The van der Waals surface area contributed by atoms with Gasteiger partial charge in [0.1, 0.15) is 0 Å². The van der Waals surface area contributed by atoms with Gasteiger partial charge in [-0.1, -0.05) is 11.6 Å². The molecule has 1 aromatic carbocycles. The number of carbonyl (C=O) groups excluding carboxylic acids is 1. The van der Waals surface area contributed by atoms with Gasteiger partial charge in [-0.05, 0) is 25.0 Å². The Labute approximate surface area is 129 Å². The van der Waals surface area contributed by atoms with Crippen molar-refractivity contribution in [1.29, 1.82) is 0 Å². The van der Waals surface area contributed by atoms with Gasteiger partial charge >= 0.3 is 0 Å². The van der Waals surface area contributed by atoms with Crippen LogP contribution in [0, 0.1) is 0 Å². The Morgan fingerprint density at radius 3 is 2.48 bits per heavy atom. The van der Waals surface area contributed by atoms with Gasteiger partial charge in [-0.2, -0.15) is 0 Å². The number of hydrogen-bond donors (Lipinski definition) is 1. The third-order valence-electron chi connectivity index (χ3n) is 3.11. The zero-order chi connectivity index (χ0) is 15.8. The van der Waals surface area contributed by atoms with Crippen LogP contribution in [0.15, 0.2) is 12.1 Å². The van der Waals surface area contributed by atoms with Crippen LogP contribution in [0.4, 0.5) is 5.69 Å². The number of ether oxygens (including phenoxy) is 1. The van der Waals surface area contributed by atoms with E-state index in [4.69, 9.17) is 16.3 Å². The van der Waals surface area contributed by atoms with Gasteiger partial charge in [0.05, 0.1) is 23.6 Å². The molecule has 1 N–H and O–H groups in total. The second-order valence-corrected chi connectivity index (χ2v) is 7.48. The second kappa shape index (κ2) is 5.73. The quantitative estimate of drug-likeness (QED) is 0.894. The molecule has 0 bridgehead atoms. The van der Waals surface area contributed by atoms with E-state index in [9.17, 15) is 13.2 Å². The number of rotatable bonds is 5. The predicted molar refractivity (Wildman–Crippen MR) is 81.6 cm³/mol. The summed E-state index contributed by atoms with van der Waals surface area (Å²) >= 11 is 5.99. The number of halogens is 1. The molecule has 21 heavy (non-hydrogen) atoms. The van der Waals surface area contributed by atoms with Crippen molar-refractivity contribution < 1.29 is 17.9 Å². The molecule has 1 amide bonds. The van der Waals surface area contributed by atoms with Crippen LogP contribution in [0.3, 0.4) is 0 Å². The number of anilines is 1. The molecule has 1 aliphatic carbocycles. The van der Waals surface area contributed by atoms with E-state index in [-0.39, 0.29) is 33.2 Å². The average Bonchev–Trinajstić information content (AvgIpc) is 3.21. The van der Waals surface area contributed by atoms with Gasteiger partial charge < -0.3 is 9.64 Å². The van der Waals surface area contributed by atoms with Crippen molar-refractivity contribution >= 4 is 33.2 Å². The van der Waals surface area contributed by atoms with Crippen molar-refractivity contribution in [2.45, 2.75) is 18.1 Å². The molecule has 1 aromatic rings. The first kappa shape index (κ1) is 15.9. The van der Waals surface area contributed by atoms with E-state index < -0.39 is 10.0 Å². The lowest BCUT2D eigenvalue weighted by molar-refractivity contribution is 0.0824. The topological polar surface area (TPSA) is 75.7 Å². The molecule has 8 heteroatoms. The average molecular weight is 333 g/mol. The molecule has 0 saturated heterocycles. The number of sulfonamides is 1. The third-order valence-corrected chi connectivity index (χ3v) is 5.18. The summed E-state index contributed by atoms with van der Waals surface area (Å²) in [4.78, 5) is 13.5. The SMILES string of the molecule is COc1c(NS(=O)(=O)C2CC2)cc(Cl)cc1C(=O)N(C)C. The van der Waals surface area contributed by atoms with Crippen LogP contribution in [0.5, 0.6) is 5.75 Å². The summed E-state index contributed by atoms with van der Waals surface area (Å²) in [7, 11) is 1.10. The maximum atomic E-state index is 12.2. The first-order chi connectivity index (χ1) is 9.76. The fourth-order valence-electron chi connectivity index (χ4n) is 1.90. The molecular formula is C13H17ClN2O4S. The molecule has 116 valence electrons. The number of nitrogens with zero attached hydrogens (tertiary/aromatic N) is 1. The molecular weight excluding hydrogens is 316 g/mol. The highest BCUT2D eigenvalue weighted by Gasteiger charge is 2.36. The van der Waals surface area contributed by atoms with Crippen LogP contribution >= 0.6 is 11.6 Å². The fraction of sp³-hybridized carbons (Fsp3) is 0.462. The van der Waals surface area contributed by atoms with Gasteiger partial charge in [-0.25, -0.2) is 8.42 Å². The van der Waals surface area contributed by atoms with E-state index in [1.54, 1.807) is 14.1 Å². The maximum absolute atomic E-state index is 12.2. The van der Waals surface area contributed by atoms with Crippen molar-refractivity contribution in [3.05, 3.63) is 22.7 Å². The number of amides is 1. The Hall–Kier alpha value is -1.47. The lowest BCUT2D eigenvalue weighted by atomic mass is 10.1. The smallest absolute Gasteiger partial charge is 0.257 e. The van der Waals surface area contributed by atoms with E-state index in [2.05, 4.69) is 4.72 Å². The Balaban J connectivity index is 2.47. The Bertz CT molecular complexity index is 669. The molecule has 0 atom stereocenters. The lowest BCUT2D eigenvalue weighted by Crippen LogP contribution is -2.23. The number of methoxy groups -OCH3 is 1. The molecule has 0 aromatic heterocycles. The van der Waals surface area contributed by atoms with Crippen LogP contribution in [0.25, 0.3) is 0 Å². The first-order valence-electron chi connectivity index (χ1n) is 6.37. The largest absolute Gasteiger partial charge is 0.494 e. The summed E-state index contributed by atoms with van der Waals surface area (Å²) < 4.78 is 31.8. The molecule has 0 aliphatic heterocycles. The molecule has 0 unspecified atom stereocenters. The molecule has 1 saturated carbocycles. The summed E-state index contributed by atoms with van der Waals surface area (Å²) in [6.45, 7) is 0. The number of hydrogen-bond acceptors (Lipinski definition) is 4.